The first-order valence-corrected chi connectivity index (χ1v) is 7.54. The van der Waals surface area contributed by atoms with Crippen molar-refractivity contribution in [3.05, 3.63) is 59.9 Å². The minimum absolute atomic E-state index is 0.259. The minimum Gasteiger partial charge on any atom is -0.445 e. The van der Waals surface area contributed by atoms with Gasteiger partial charge in [0.2, 0.25) is 0 Å². The van der Waals surface area contributed by atoms with E-state index in [1.807, 2.05) is 36.4 Å². The van der Waals surface area contributed by atoms with Crippen LogP contribution in [0.3, 0.4) is 0 Å². The third kappa shape index (κ3) is 4.34. The molecule has 120 valence electrons. The second kappa shape index (κ2) is 7.79. The summed E-state index contributed by atoms with van der Waals surface area (Å²) >= 11 is 0. The van der Waals surface area contributed by atoms with Crippen LogP contribution >= 0.6 is 0 Å². The highest BCUT2D eigenvalue weighted by Gasteiger charge is 2.01. The van der Waals surface area contributed by atoms with E-state index < -0.39 is 6.09 Å². The number of pyridine rings is 1. The van der Waals surface area contributed by atoms with Gasteiger partial charge in [-0.1, -0.05) is 42.2 Å². The van der Waals surface area contributed by atoms with Crippen LogP contribution in [-0.4, -0.2) is 27.8 Å². The molecule has 0 radical (unpaired) electrons. The van der Waals surface area contributed by atoms with Gasteiger partial charge in [0.25, 0.3) is 0 Å². The lowest BCUT2D eigenvalue weighted by Crippen LogP contribution is -2.24. The molecule has 1 aromatic carbocycles. The van der Waals surface area contributed by atoms with Crippen molar-refractivity contribution in [3.63, 3.8) is 0 Å². The van der Waals surface area contributed by atoms with Crippen molar-refractivity contribution < 1.29 is 9.53 Å². The van der Waals surface area contributed by atoms with Crippen LogP contribution in [-0.2, 0) is 11.3 Å². The molecule has 0 bridgehead atoms. The first-order chi connectivity index (χ1) is 11.8. The number of nitrogens with one attached hydrogen (secondary N) is 2. The molecule has 0 unspecified atom stereocenters. The predicted molar refractivity (Wildman–Crippen MR) is 90.0 cm³/mol. The van der Waals surface area contributed by atoms with Gasteiger partial charge in [0.1, 0.15) is 6.61 Å². The number of aromatic amines is 1. The molecule has 3 aromatic rings. The topological polar surface area (TPSA) is 79.9 Å². The molecule has 0 aliphatic carbocycles. The van der Waals surface area contributed by atoms with Crippen LogP contribution in [0.25, 0.3) is 11.0 Å². The van der Waals surface area contributed by atoms with E-state index in [2.05, 4.69) is 32.3 Å². The number of carbonyl (C=O) groups excluding carboxylic acids is 1. The molecule has 24 heavy (non-hydrogen) atoms. The molecule has 2 aromatic heterocycles. The summed E-state index contributed by atoms with van der Waals surface area (Å²) in [6.45, 7) is 0.691. The molecule has 0 fully saturated rings. The van der Waals surface area contributed by atoms with Crippen molar-refractivity contribution in [2.75, 3.05) is 6.54 Å². The lowest BCUT2D eigenvalue weighted by atomic mass is 10.2. The number of benzene rings is 1. The van der Waals surface area contributed by atoms with Gasteiger partial charge in [0, 0.05) is 30.1 Å². The van der Waals surface area contributed by atoms with Gasteiger partial charge in [0.05, 0.1) is 6.20 Å². The Labute approximate surface area is 139 Å². The quantitative estimate of drug-likeness (QED) is 0.572. The van der Waals surface area contributed by atoms with Crippen LogP contribution in [0.1, 0.15) is 17.5 Å². The fourth-order valence-corrected chi connectivity index (χ4v) is 2.07. The number of alkyl carbamates (subject to hydrolysis) is 1. The average molecular weight is 320 g/mol. The summed E-state index contributed by atoms with van der Waals surface area (Å²) in [5.41, 5.74) is 2.51. The fraction of sp³-hybridized carbons (Fsp3) is 0.167. The van der Waals surface area contributed by atoms with E-state index in [-0.39, 0.29) is 6.61 Å². The standard InChI is InChI=1S/C18H16N4O2/c23-18(24-13-14-6-2-1-3-7-14)19-9-5-4-8-15-10-16-12-21-22-17(16)20-11-15/h1-3,6-7,10-12H,5,9,13H2,(H,19,23)(H,20,21,22). The summed E-state index contributed by atoms with van der Waals surface area (Å²) in [4.78, 5) is 15.8. The van der Waals surface area contributed by atoms with Crippen molar-refractivity contribution in [2.45, 2.75) is 13.0 Å². The largest absolute Gasteiger partial charge is 0.445 e. The number of ether oxygens (including phenoxy) is 1. The highest BCUT2D eigenvalue weighted by atomic mass is 16.5. The zero-order valence-electron chi connectivity index (χ0n) is 13.0. The summed E-state index contributed by atoms with van der Waals surface area (Å²) < 4.78 is 5.11. The molecule has 0 spiro atoms. The molecule has 0 saturated heterocycles. The van der Waals surface area contributed by atoms with Gasteiger partial charge in [-0.3, -0.25) is 5.10 Å². The fourth-order valence-electron chi connectivity index (χ4n) is 2.07. The molecule has 2 N–H and O–H groups in total. The van der Waals surface area contributed by atoms with E-state index in [1.54, 1.807) is 12.4 Å². The predicted octanol–water partition coefficient (Wildman–Crippen LogP) is 2.63. The number of amides is 1. The van der Waals surface area contributed by atoms with Crippen molar-refractivity contribution in [1.82, 2.24) is 20.5 Å². The van der Waals surface area contributed by atoms with Crippen molar-refractivity contribution in [3.8, 4) is 11.8 Å². The molecular weight excluding hydrogens is 304 g/mol. The lowest BCUT2D eigenvalue weighted by molar-refractivity contribution is 0.140. The van der Waals surface area contributed by atoms with Crippen LogP contribution in [0.5, 0.6) is 0 Å². The van der Waals surface area contributed by atoms with Gasteiger partial charge < -0.3 is 10.1 Å². The van der Waals surface area contributed by atoms with Gasteiger partial charge in [0.15, 0.2) is 5.65 Å². The van der Waals surface area contributed by atoms with E-state index in [4.69, 9.17) is 4.74 Å². The van der Waals surface area contributed by atoms with Gasteiger partial charge in [-0.25, -0.2) is 9.78 Å². The number of hydrogen-bond acceptors (Lipinski definition) is 4. The van der Waals surface area contributed by atoms with Gasteiger partial charge >= 0.3 is 6.09 Å². The number of rotatable bonds is 4. The Morgan fingerprint density at radius 1 is 1.25 bits per heavy atom. The highest BCUT2D eigenvalue weighted by molar-refractivity contribution is 5.75. The van der Waals surface area contributed by atoms with Crippen molar-refractivity contribution in [2.24, 2.45) is 0 Å². The Morgan fingerprint density at radius 2 is 2.12 bits per heavy atom. The molecule has 6 heteroatoms. The van der Waals surface area contributed by atoms with Crippen molar-refractivity contribution >= 4 is 17.1 Å². The molecule has 0 aliphatic heterocycles. The minimum atomic E-state index is -0.442. The zero-order chi connectivity index (χ0) is 16.6. The summed E-state index contributed by atoms with van der Waals surface area (Å²) in [6.07, 6.45) is 3.48. The maximum Gasteiger partial charge on any atom is 0.407 e. The smallest absolute Gasteiger partial charge is 0.407 e. The van der Waals surface area contributed by atoms with E-state index in [9.17, 15) is 4.79 Å². The maximum absolute atomic E-state index is 11.6. The zero-order valence-corrected chi connectivity index (χ0v) is 13.0. The molecule has 3 rings (SSSR count). The van der Waals surface area contributed by atoms with Gasteiger partial charge in [-0.2, -0.15) is 5.10 Å². The molecule has 0 aliphatic rings. The Kier molecular flexibility index (Phi) is 5.05. The third-order valence-corrected chi connectivity index (χ3v) is 3.26. The molecule has 6 nitrogen and oxygen atoms in total. The van der Waals surface area contributed by atoms with E-state index in [0.717, 1.165) is 22.2 Å². The molecule has 0 atom stereocenters. The number of nitrogens with zero attached hydrogens (tertiary/aromatic N) is 2. The van der Waals surface area contributed by atoms with Crippen LogP contribution in [0.4, 0.5) is 4.79 Å². The number of hydrogen-bond donors (Lipinski definition) is 2. The molecular formula is C18H16N4O2. The normalized spacial score (nSPS) is 10.0. The summed E-state index contributed by atoms with van der Waals surface area (Å²) in [5.74, 6) is 6.01. The highest BCUT2D eigenvalue weighted by Crippen LogP contribution is 2.08. The Bertz CT molecular complexity index is 878. The molecule has 1 amide bonds. The average Bonchev–Trinajstić information content (AvgIpc) is 3.08. The first-order valence-electron chi connectivity index (χ1n) is 7.54. The second-order valence-corrected chi connectivity index (χ2v) is 5.07. The number of aromatic nitrogens is 3. The van der Waals surface area contributed by atoms with E-state index >= 15 is 0 Å². The van der Waals surface area contributed by atoms with E-state index in [0.29, 0.717) is 13.0 Å². The SMILES string of the molecule is O=C(NCCC#Cc1cnc2[nH]ncc2c1)OCc1ccccc1. The van der Waals surface area contributed by atoms with Gasteiger partial charge in [-0.05, 0) is 11.6 Å². The monoisotopic (exact) mass is 320 g/mol. The number of fused-ring (bicyclic) bond motifs is 1. The van der Waals surface area contributed by atoms with E-state index in [1.165, 1.54) is 0 Å². The molecule has 0 saturated carbocycles. The van der Waals surface area contributed by atoms with Crippen LogP contribution in [0.2, 0.25) is 0 Å². The first kappa shape index (κ1) is 15.6. The summed E-state index contributed by atoms with van der Waals surface area (Å²) in [5, 5.41) is 10.3. The third-order valence-electron chi connectivity index (χ3n) is 3.26. The van der Waals surface area contributed by atoms with Crippen LogP contribution < -0.4 is 5.32 Å². The Morgan fingerprint density at radius 3 is 3.00 bits per heavy atom. The van der Waals surface area contributed by atoms with Crippen LogP contribution in [0, 0.1) is 11.8 Å². The summed E-state index contributed by atoms with van der Waals surface area (Å²) in [6, 6.07) is 11.5. The number of carbonyl (C=O) groups is 1. The van der Waals surface area contributed by atoms with Gasteiger partial charge in [-0.15, -0.1) is 0 Å². The van der Waals surface area contributed by atoms with Crippen molar-refractivity contribution in [1.29, 1.82) is 0 Å². The summed E-state index contributed by atoms with van der Waals surface area (Å²) in [7, 11) is 0. The second-order valence-electron chi connectivity index (χ2n) is 5.07. The lowest BCUT2D eigenvalue weighted by Gasteiger charge is -2.05. The number of H-pyrrole nitrogens is 1. The Hall–Kier alpha value is -3.33. The molecule has 2 heterocycles. The van der Waals surface area contributed by atoms with Crippen LogP contribution in [0.15, 0.2) is 48.8 Å². The Balaban J connectivity index is 1.39. The maximum atomic E-state index is 11.6.